The Balaban J connectivity index is 1.30. The first-order valence-electron chi connectivity index (χ1n) is 12.5. The van der Waals surface area contributed by atoms with Crippen molar-refractivity contribution in [1.29, 1.82) is 0 Å². The van der Waals surface area contributed by atoms with Crippen molar-refractivity contribution in [2.75, 3.05) is 0 Å². The number of unbranched alkanes of at least 4 members (excludes halogenated alkanes) is 1. The fraction of sp³-hybridized carbons (Fsp3) is 0.400. The summed E-state index contributed by atoms with van der Waals surface area (Å²) in [5, 5.41) is -0.570. The summed E-state index contributed by atoms with van der Waals surface area (Å²) >= 11 is 5.54. The second kappa shape index (κ2) is 11.4. The van der Waals surface area contributed by atoms with Crippen molar-refractivity contribution in [2.24, 2.45) is 5.92 Å². The van der Waals surface area contributed by atoms with Crippen molar-refractivity contribution in [2.45, 2.75) is 70.6 Å². The summed E-state index contributed by atoms with van der Waals surface area (Å²) in [6.45, 7) is 2.23. The van der Waals surface area contributed by atoms with E-state index in [1.54, 1.807) is 6.07 Å². The first-order chi connectivity index (χ1) is 16.4. The molecule has 180 valence electrons. The topological polar surface area (TPSA) is 0 Å². The van der Waals surface area contributed by atoms with Gasteiger partial charge >= 0.3 is 0 Å². The molecule has 0 N–H and O–H groups in total. The summed E-state index contributed by atoms with van der Waals surface area (Å²) in [5.74, 6) is -0.938. The number of hydrogen-bond donors (Lipinski definition) is 0. The van der Waals surface area contributed by atoms with Gasteiger partial charge in [0, 0.05) is 5.56 Å². The Hall–Kier alpha value is -2.26. The molecule has 1 aliphatic rings. The van der Waals surface area contributed by atoms with E-state index in [0.29, 0.717) is 11.8 Å². The Morgan fingerprint density at radius 2 is 1.41 bits per heavy atom. The Morgan fingerprint density at radius 1 is 0.765 bits per heavy atom. The van der Waals surface area contributed by atoms with Gasteiger partial charge in [0.2, 0.25) is 0 Å². The highest BCUT2D eigenvalue weighted by molar-refractivity contribution is 6.31. The van der Waals surface area contributed by atoms with Crippen LogP contribution in [0, 0.1) is 23.4 Å². The smallest absolute Gasteiger partial charge is 0.145 e. The fourth-order valence-corrected chi connectivity index (χ4v) is 5.26. The third kappa shape index (κ3) is 6.05. The molecule has 34 heavy (non-hydrogen) atoms. The molecule has 1 fully saturated rings. The SMILES string of the molecule is CCCCc1ccc([C@H]2CC[C@H](CCc3ccc(-c4cc(F)c(Cl)c(F)c4)c(F)c3)CC2)cc1. The van der Waals surface area contributed by atoms with Crippen LogP contribution >= 0.6 is 11.6 Å². The number of hydrogen-bond acceptors (Lipinski definition) is 0. The molecule has 0 aromatic heterocycles. The maximum Gasteiger partial charge on any atom is 0.145 e. The second-order valence-electron chi connectivity index (χ2n) is 9.67. The molecule has 0 spiro atoms. The molecule has 0 bridgehead atoms. The Kier molecular flexibility index (Phi) is 8.37. The maximum atomic E-state index is 14.7. The normalized spacial score (nSPS) is 18.3. The molecule has 1 aliphatic carbocycles. The number of rotatable bonds is 8. The van der Waals surface area contributed by atoms with Crippen LogP contribution in [0.15, 0.2) is 54.6 Å². The third-order valence-electron chi connectivity index (χ3n) is 7.29. The minimum absolute atomic E-state index is 0.153. The van der Waals surface area contributed by atoms with E-state index in [4.69, 9.17) is 11.6 Å². The van der Waals surface area contributed by atoms with Gasteiger partial charge in [-0.15, -0.1) is 0 Å². The molecule has 0 radical (unpaired) electrons. The van der Waals surface area contributed by atoms with Crippen molar-refractivity contribution in [3.63, 3.8) is 0 Å². The Bertz CT molecular complexity index is 1080. The molecule has 0 nitrogen and oxygen atoms in total. The molecular weight excluding hydrogens is 453 g/mol. The van der Waals surface area contributed by atoms with E-state index in [1.807, 2.05) is 6.07 Å². The zero-order valence-electron chi connectivity index (χ0n) is 19.7. The van der Waals surface area contributed by atoms with Crippen molar-refractivity contribution in [1.82, 2.24) is 0 Å². The van der Waals surface area contributed by atoms with E-state index < -0.39 is 22.5 Å². The van der Waals surface area contributed by atoms with Gasteiger partial charge in [-0.25, -0.2) is 13.2 Å². The highest BCUT2D eigenvalue weighted by atomic mass is 35.5. The summed E-state index contributed by atoms with van der Waals surface area (Å²) < 4.78 is 42.3. The summed E-state index contributed by atoms with van der Waals surface area (Å²) in [6, 6.07) is 16.3. The van der Waals surface area contributed by atoms with Gasteiger partial charge in [0.25, 0.3) is 0 Å². The summed E-state index contributed by atoms with van der Waals surface area (Å²) in [7, 11) is 0. The minimum atomic E-state index is -0.886. The van der Waals surface area contributed by atoms with Crippen molar-refractivity contribution in [3.05, 3.63) is 93.8 Å². The largest absolute Gasteiger partial charge is 0.206 e. The monoisotopic (exact) mass is 484 g/mol. The molecule has 0 saturated heterocycles. The van der Waals surface area contributed by atoms with Crippen molar-refractivity contribution >= 4 is 11.6 Å². The first kappa shape index (κ1) is 24.9. The Morgan fingerprint density at radius 3 is 2.03 bits per heavy atom. The van der Waals surface area contributed by atoms with Crippen LogP contribution in [0.4, 0.5) is 13.2 Å². The molecule has 1 saturated carbocycles. The van der Waals surface area contributed by atoms with Crippen LogP contribution in [0.5, 0.6) is 0 Å². The second-order valence-corrected chi connectivity index (χ2v) is 10.0. The van der Waals surface area contributed by atoms with Gasteiger partial charge in [-0.3, -0.25) is 0 Å². The van der Waals surface area contributed by atoms with Gasteiger partial charge in [-0.05, 0) is 104 Å². The molecule has 4 rings (SSSR count). The summed E-state index contributed by atoms with van der Waals surface area (Å²) in [6.07, 6.45) is 10.3. The van der Waals surface area contributed by atoms with Crippen molar-refractivity contribution < 1.29 is 13.2 Å². The van der Waals surface area contributed by atoms with E-state index in [2.05, 4.69) is 31.2 Å². The summed E-state index contributed by atoms with van der Waals surface area (Å²) in [4.78, 5) is 0. The van der Waals surface area contributed by atoms with E-state index >= 15 is 0 Å². The molecule has 0 amide bonds. The van der Waals surface area contributed by atoms with Crippen LogP contribution in [0.2, 0.25) is 5.02 Å². The molecule has 0 unspecified atom stereocenters. The lowest BCUT2D eigenvalue weighted by molar-refractivity contribution is 0.310. The third-order valence-corrected chi connectivity index (χ3v) is 7.65. The highest BCUT2D eigenvalue weighted by Crippen LogP contribution is 2.38. The summed E-state index contributed by atoms with van der Waals surface area (Å²) in [5.41, 5.74) is 4.15. The molecule has 3 aromatic carbocycles. The van der Waals surface area contributed by atoms with Crippen LogP contribution < -0.4 is 0 Å². The van der Waals surface area contributed by atoms with Crippen LogP contribution in [-0.4, -0.2) is 0 Å². The zero-order chi connectivity index (χ0) is 24.1. The highest BCUT2D eigenvalue weighted by Gasteiger charge is 2.22. The first-order valence-corrected chi connectivity index (χ1v) is 12.8. The predicted octanol–water partition coefficient (Wildman–Crippen LogP) is 9.67. The standard InChI is InChI=1S/C30H32ClF3/c1-2-3-4-20-7-12-23(13-8-20)24-14-9-21(10-15-24)5-6-22-11-16-26(27(32)17-22)25-18-28(33)30(31)29(34)19-25/h7-8,11-13,16-19,21,24H,2-6,9-10,14-15H2,1H3/t21-,24-. The number of halogens is 4. The molecule has 3 aromatic rings. The van der Waals surface area contributed by atoms with Gasteiger partial charge < -0.3 is 0 Å². The number of benzene rings is 3. The predicted molar refractivity (Wildman–Crippen MR) is 135 cm³/mol. The quantitative estimate of drug-likeness (QED) is 0.279. The van der Waals surface area contributed by atoms with E-state index in [0.717, 1.165) is 30.5 Å². The fourth-order valence-electron chi connectivity index (χ4n) is 5.15. The van der Waals surface area contributed by atoms with Crippen LogP contribution in [0.3, 0.4) is 0 Å². The molecular formula is C30H32ClF3. The van der Waals surface area contributed by atoms with Crippen LogP contribution in [0.25, 0.3) is 11.1 Å². The molecule has 0 aliphatic heterocycles. The molecule has 0 heterocycles. The van der Waals surface area contributed by atoms with Gasteiger partial charge in [0.1, 0.15) is 22.5 Å². The molecule has 0 atom stereocenters. The Labute approximate surface area is 206 Å². The van der Waals surface area contributed by atoms with E-state index in [1.165, 1.54) is 62.1 Å². The van der Waals surface area contributed by atoms with Crippen LogP contribution in [0.1, 0.15) is 74.5 Å². The van der Waals surface area contributed by atoms with E-state index in [9.17, 15) is 13.2 Å². The lowest BCUT2D eigenvalue weighted by Crippen LogP contribution is -2.14. The minimum Gasteiger partial charge on any atom is -0.206 e. The lowest BCUT2D eigenvalue weighted by Gasteiger charge is -2.29. The van der Waals surface area contributed by atoms with Crippen molar-refractivity contribution in [3.8, 4) is 11.1 Å². The van der Waals surface area contributed by atoms with Gasteiger partial charge in [0.15, 0.2) is 0 Å². The van der Waals surface area contributed by atoms with Gasteiger partial charge in [0.05, 0.1) is 0 Å². The maximum absolute atomic E-state index is 14.7. The molecule has 4 heteroatoms. The average molecular weight is 485 g/mol. The average Bonchev–Trinajstić information content (AvgIpc) is 2.85. The van der Waals surface area contributed by atoms with E-state index in [-0.39, 0.29) is 11.1 Å². The van der Waals surface area contributed by atoms with Gasteiger partial charge in [-0.2, -0.15) is 0 Å². The number of aryl methyl sites for hydroxylation is 2. The zero-order valence-corrected chi connectivity index (χ0v) is 20.5. The van der Waals surface area contributed by atoms with Crippen LogP contribution in [-0.2, 0) is 12.8 Å². The van der Waals surface area contributed by atoms with Gasteiger partial charge in [-0.1, -0.05) is 61.3 Å². The lowest BCUT2D eigenvalue weighted by atomic mass is 9.76.